The molecule has 0 spiro atoms. The van der Waals surface area contributed by atoms with Gasteiger partial charge in [0.05, 0.1) is 13.0 Å². The average Bonchev–Trinajstić information content (AvgIpc) is 2.78. The van der Waals surface area contributed by atoms with Gasteiger partial charge < -0.3 is 14.7 Å². The van der Waals surface area contributed by atoms with Crippen LogP contribution in [0.15, 0.2) is 0 Å². The molecule has 0 atom stereocenters. The first kappa shape index (κ1) is 14.0. The lowest BCUT2D eigenvalue weighted by Crippen LogP contribution is -2.23. The van der Waals surface area contributed by atoms with Gasteiger partial charge in [0, 0.05) is 13.0 Å². The predicted octanol–water partition coefficient (Wildman–Crippen LogP) is 1.27. The summed E-state index contributed by atoms with van der Waals surface area (Å²) in [7, 11) is 0. The molecule has 5 heteroatoms. The molecule has 0 radical (unpaired) electrons. The van der Waals surface area contributed by atoms with Crippen LogP contribution in [0.4, 0.5) is 0 Å². The molecule has 0 amide bonds. The highest BCUT2D eigenvalue weighted by molar-refractivity contribution is 5.69. The molecule has 0 aliphatic carbocycles. The Morgan fingerprint density at radius 3 is 2.47 bits per heavy atom. The maximum Gasteiger partial charge on any atom is 0.307 e. The summed E-state index contributed by atoms with van der Waals surface area (Å²) in [4.78, 5) is 23.8. The molecule has 1 saturated heterocycles. The monoisotopic (exact) mass is 243 g/mol. The minimum Gasteiger partial charge on any atom is -0.481 e. The Kier molecular flexibility index (Phi) is 6.62. The summed E-state index contributed by atoms with van der Waals surface area (Å²) < 4.78 is 5.03. The second-order valence-corrected chi connectivity index (χ2v) is 4.37. The van der Waals surface area contributed by atoms with Crippen molar-refractivity contribution < 1.29 is 19.4 Å². The molecule has 1 N–H and O–H groups in total. The number of aliphatic carboxylic acids is 1. The molecule has 1 aliphatic rings. The van der Waals surface area contributed by atoms with Gasteiger partial charge >= 0.3 is 11.9 Å². The van der Waals surface area contributed by atoms with Crippen LogP contribution in [-0.2, 0) is 14.3 Å². The third-order valence-electron chi connectivity index (χ3n) is 2.88. The van der Waals surface area contributed by atoms with E-state index in [0.29, 0.717) is 25.9 Å². The zero-order valence-electron chi connectivity index (χ0n) is 10.2. The average molecular weight is 243 g/mol. The van der Waals surface area contributed by atoms with Gasteiger partial charge in [-0.1, -0.05) is 0 Å². The molecular weight excluding hydrogens is 222 g/mol. The Labute approximate surface area is 102 Å². The quantitative estimate of drug-likeness (QED) is 0.513. The first-order chi connectivity index (χ1) is 8.18. The summed E-state index contributed by atoms with van der Waals surface area (Å²) >= 11 is 0. The third-order valence-corrected chi connectivity index (χ3v) is 2.88. The van der Waals surface area contributed by atoms with Crippen molar-refractivity contribution in [2.75, 3.05) is 26.2 Å². The number of hydrogen-bond donors (Lipinski definition) is 1. The smallest absolute Gasteiger partial charge is 0.307 e. The molecule has 0 bridgehead atoms. The van der Waals surface area contributed by atoms with Crippen molar-refractivity contribution in [1.82, 2.24) is 4.90 Å². The molecule has 5 nitrogen and oxygen atoms in total. The number of rotatable bonds is 8. The van der Waals surface area contributed by atoms with Gasteiger partial charge in [0.2, 0.25) is 0 Å². The van der Waals surface area contributed by atoms with E-state index in [-0.39, 0.29) is 12.4 Å². The van der Waals surface area contributed by atoms with Gasteiger partial charge in [-0.2, -0.15) is 0 Å². The second kappa shape index (κ2) is 8.06. The SMILES string of the molecule is O=C(O)CCCCOC(=O)CCN1CCCC1. The molecule has 0 unspecified atom stereocenters. The van der Waals surface area contributed by atoms with Gasteiger partial charge in [0.15, 0.2) is 0 Å². The number of carboxylic acids is 1. The summed E-state index contributed by atoms with van der Waals surface area (Å²) in [6.07, 6.45) is 4.23. The molecule has 0 aromatic carbocycles. The lowest BCUT2D eigenvalue weighted by atomic mass is 10.2. The van der Waals surface area contributed by atoms with E-state index in [4.69, 9.17) is 9.84 Å². The Morgan fingerprint density at radius 2 is 1.82 bits per heavy atom. The molecule has 1 aliphatic heterocycles. The number of ether oxygens (including phenoxy) is 1. The molecule has 0 aromatic rings. The van der Waals surface area contributed by atoms with E-state index < -0.39 is 5.97 Å². The van der Waals surface area contributed by atoms with Crippen molar-refractivity contribution >= 4 is 11.9 Å². The number of likely N-dealkylation sites (tertiary alicyclic amines) is 1. The molecule has 0 aromatic heterocycles. The highest BCUT2D eigenvalue weighted by Gasteiger charge is 2.13. The molecule has 98 valence electrons. The minimum absolute atomic E-state index is 0.144. The van der Waals surface area contributed by atoms with Crippen LogP contribution < -0.4 is 0 Å². The molecule has 17 heavy (non-hydrogen) atoms. The normalized spacial score (nSPS) is 16.0. The largest absolute Gasteiger partial charge is 0.481 e. The Morgan fingerprint density at radius 1 is 1.12 bits per heavy atom. The highest BCUT2D eigenvalue weighted by atomic mass is 16.5. The topological polar surface area (TPSA) is 66.8 Å². The van der Waals surface area contributed by atoms with E-state index >= 15 is 0 Å². The standard InChI is InChI=1S/C12H21NO4/c14-11(15)5-1-4-10-17-12(16)6-9-13-7-2-3-8-13/h1-10H2,(H,14,15). The van der Waals surface area contributed by atoms with Crippen LogP contribution in [0.3, 0.4) is 0 Å². The number of esters is 1. The maximum absolute atomic E-state index is 11.3. The summed E-state index contributed by atoms with van der Waals surface area (Å²) in [5.41, 5.74) is 0. The highest BCUT2D eigenvalue weighted by Crippen LogP contribution is 2.07. The van der Waals surface area contributed by atoms with Gasteiger partial charge in [-0.25, -0.2) is 0 Å². The van der Waals surface area contributed by atoms with E-state index in [1.165, 1.54) is 12.8 Å². The van der Waals surface area contributed by atoms with Crippen LogP contribution in [0.5, 0.6) is 0 Å². The zero-order chi connectivity index (χ0) is 12.5. The third kappa shape index (κ3) is 6.94. The fourth-order valence-corrected chi connectivity index (χ4v) is 1.89. The zero-order valence-corrected chi connectivity index (χ0v) is 10.2. The second-order valence-electron chi connectivity index (χ2n) is 4.37. The lowest BCUT2D eigenvalue weighted by Gasteiger charge is -2.13. The van der Waals surface area contributed by atoms with Crippen LogP contribution in [0.1, 0.15) is 38.5 Å². The molecule has 1 heterocycles. The number of carbonyl (C=O) groups excluding carboxylic acids is 1. The lowest BCUT2D eigenvalue weighted by molar-refractivity contribution is -0.144. The van der Waals surface area contributed by atoms with Gasteiger partial charge in [0.1, 0.15) is 0 Å². The van der Waals surface area contributed by atoms with Gasteiger partial charge in [0.25, 0.3) is 0 Å². The first-order valence-corrected chi connectivity index (χ1v) is 6.28. The molecule has 1 fully saturated rings. The molecule has 0 saturated carbocycles. The van der Waals surface area contributed by atoms with Crippen LogP contribution in [0, 0.1) is 0 Å². The van der Waals surface area contributed by atoms with Crippen molar-refractivity contribution in [2.45, 2.75) is 38.5 Å². The fourth-order valence-electron chi connectivity index (χ4n) is 1.89. The van der Waals surface area contributed by atoms with Crippen molar-refractivity contribution in [3.63, 3.8) is 0 Å². The maximum atomic E-state index is 11.3. The number of carboxylic acid groups (broad SMARTS) is 1. The predicted molar refractivity (Wildman–Crippen MR) is 62.7 cm³/mol. The molecular formula is C12H21NO4. The van der Waals surface area contributed by atoms with E-state index in [2.05, 4.69) is 4.90 Å². The Balaban J connectivity index is 1.92. The number of unbranched alkanes of at least 4 members (excludes halogenated alkanes) is 1. The van der Waals surface area contributed by atoms with E-state index in [1.54, 1.807) is 0 Å². The van der Waals surface area contributed by atoms with Crippen molar-refractivity contribution in [3.05, 3.63) is 0 Å². The summed E-state index contributed by atoms with van der Waals surface area (Å²) in [5, 5.41) is 8.41. The van der Waals surface area contributed by atoms with Gasteiger partial charge in [-0.05, 0) is 38.8 Å². The van der Waals surface area contributed by atoms with Crippen molar-refractivity contribution in [3.8, 4) is 0 Å². The summed E-state index contributed by atoms with van der Waals surface area (Å²) in [5.74, 6) is -0.974. The van der Waals surface area contributed by atoms with Crippen LogP contribution >= 0.6 is 0 Å². The van der Waals surface area contributed by atoms with Crippen molar-refractivity contribution in [1.29, 1.82) is 0 Å². The van der Waals surface area contributed by atoms with E-state index in [1.807, 2.05) is 0 Å². The summed E-state index contributed by atoms with van der Waals surface area (Å²) in [6, 6.07) is 0. The fraction of sp³-hybridized carbons (Fsp3) is 0.833. The van der Waals surface area contributed by atoms with E-state index in [9.17, 15) is 9.59 Å². The van der Waals surface area contributed by atoms with Crippen LogP contribution in [0.25, 0.3) is 0 Å². The van der Waals surface area contributed by atoms with Crippen molar-refractivity contribution in [2.24, 2.45) is 0 Å². The van der Waals surface area contributed by atoms with Gasteiger partial charge in [-0.15, -0.1) is 0 Å². The van der Waals surface area contributed by atoms with Crippen LogP contribution in [0.2, 0.25) is 0 Å². The summed E-state index contributed by atoms with van der Waals surface area (Å²) in [6.45, 7) is 3.30. The van der Waals surface area contributed by atoms with Crippen LogP contribution in [-0.4, -0.2) is 48.2 Å². The minimum atomic E-state index is -0.801. The number of hydrogen-bond acceptors (Lipinski definition) is 4. The number of nitrogens with zero attached hydrogens (tertiary/aromatic N) is 1. The Hall–Kier alpha value is -1.10. The van der Waals surface area contributed by atoms with E-state index in [0.717, 1.165) is 19.6 Å². The first-order valence-electron chi connectivity index (χ1n) is 6.28. The van der Waals surface area contributed by atoms with Gasteiger partial charge in [-0.3, -0.25) is 9.59 Å². The Bertz CT molecular complexity index is 249. The molecule has 1 rings (SSSR count). The number of carbonyl (C=O) groups is 2.